The van der Waals surface area contributed by atoms with Gasteiger partial charge in [-0.25, -0.2) is 9.59 Å². The SMILES string of the molecule is O=C(OCc1ccccc1)c1ccccc1N(Cl)C(=O)Oc1ccccc1. The minimum atomic E-state index is -0.828. The van der Waals surface area contributed by atoms with Crippen LogP contribution >= 0.6 is 11.8 Å². The Morgan fingerprint density at radius 2 is 1.41 bits per heavy atom. The molecule has 0 heterocycles. The molecule has 3 rings (SSSR count). The van der Waals surface area contributed by atoms with E-state index in [1.807, 2.05) is 30.3 Å². The summed E-state index contributed by atoms with van der Waals surface area (Å²) in [4.78, 5) is 24.8. The summed E-state index contributed by atoms with van der Waals surface area (Å²) in [6.07, 6.45) is -0.828. The van der Waals surface area contributed by atoms with E-state index in [2.05, 4.69) is 0 Å². The van der Waals surface area contributed by atoms with Crippen LogP contribution in [-0.2, 0) is 11.3 Å². The normalized spacial score (nSPS) is 10.1. The zero-order valence-electron chi connectivity index (χ0n) is 14.2. The lowest BCUT2D eigenvalue weighted by atomic mass is 10.2. The van der Waals surface area contributed by atoms with Crippen molar-refractivity contribution in [3.8, 4) is 5.75 Å². The summed E-state index contributed by atoms with van der Waals surface area (Å²) in [5.74, 6) is -0.245. The Morgan fingerprint density at radius 1 is 0.815 bits per heavy atom. The number of hydrogen-bond donors (Lipinski definition) is 0. The lowest BCUT2D eigenvalue weighted by molar-refractivity contribution is 0.0474. The number of anilines is 1. The summed E-state index contributed by atoms with van der Waals surface area (Å²) in [7, 11) is 0. The second-order valence-corrected chi connectivity index (χ2v) is 5.88. The fraction of sp³-hybridized carbons (Fsp3) is 0.0476. The third-order valence-electron chi connectivity index (χ3n) is 3.66. The third kappa shape index (κ3) is 4.86. The molecule has 0 atom stereocenters. The van der Waals surface area contributed by atoms with Gasteiger partial charge in [-0.15, -0.1) is 0 Å². The topological polar surface area (TPSA) is 55.8 Å². The molecule has 0 radical (unpaired) electrons. The van der Waals surface area contributed by atoms with Gasteiger partial charge < -0.3 is 9.47 Å². The Bertz CT molecular complexity index is 916. The summed E-state index contributed by atoms with van der Waals surface area (Å²) < 4.78 is 11.3. The molecule has 27 heavy (non-hydrogen) atoms. The lowest BCUT2D eigenvalue weighted by Gasteiger charge is -2.17. The fourth-order valence-corrected chi connectivity index (χ4v) is 2.53. The first-order valence-corrected chi connectivity index (χ1v) is 8.52. The van der Waals surface area contributed by atoms with Crippen LogP contribution in [0, 0.1) is 0 Å². The molecule has 6 heteroatoms. The first kappa shape index (κ1) is 18.5. The molecule has 3 aromatic rings. The van der Waals surface area contributed by atoms with Crippen LogP contribution < -0.4 is 9.16 Å². The van der Waals surface area contributed by atoms with Gasteiger partial charge in [-0.2, -0.15) is 4.42 Å². The number of amides is 1. The fourth-order valence-electron chi connectivity index (χ4n) is 2.35. The number of carbonyl (C=O) groups excluding carboxylic acids is 2. The zero-order chi connectivity index (χ0) is 19.1. The molecule has 0 bridgehead atoms. The van der Waals surface area contributed by atoms with Gasteiger partial charge in [0.25, 0.3) is 0 Å². The molecule has 0 aliphatic heterocycles. The molecule has 0 fully saturated rings. The zero-order valence-corrected chi connectivity index (χ0v) is 15.0. The highest BCUT2D eigenvalue weighted by molar-refractivity contribution is 6.36. The van der Waals surface area contributed by atoms with E-state index < -0.39 is 12.1 Å². The summed E-state index contributed by atoms with van der Waals surface area (Å²) in [6, 6.07) is 24.2. The van der Waals surface area contributed by atoms with Gasteiger partial charge in [0.1, 0.15) is 12.4 Å². The number of halogens is 1. The van der Waals surface area contributed by atoms with Crippen LogP contribution in [0.2, 0.25) is 0 Å². The van der Waals surface area contributed by atoms with Gasteiger partial charge in [0.05, 0.1) is 11.3 Å². The molecule has 5 nitrogen and oxygen atoms in total. The monoisotopic (exact) mass is 381 g/mol. The average Bonchev–Trinajstić information content (AvgIpc) is 2.73. The minimum absolute atomic E-state index is 0.116. The van der Waals surface area contributed by atoms with Crippen molar-refractivity contribution in [2.75, 3.05) is 4.42 Å². The highest BCUT2D eigenvalue weighted by Gasteiger charge is 2.22. The largest absolute Gasteiger partial charge is 0.457 e. The second kappa shape index (κ2) is 8.87. The number of nitrogens with zero attached hydrogens (tertiary/aromatic N) is 1. The van der Waals surface area contributed by atoms with Gasteiger partial charge in [-0.1, -0.05) is 60.7 Å². The van der Waals surface area contributed by atoms with Crippen molar-refractivity contribution in [3.63, 3.8) is 0 Å². The first-order chi connectivity index (χ1) is 13.1. The molecule has 0 N–H and O–H groups in total. The van der Waals surface area contributed by atoms with Gasteiger partial charge in [0.2, 0.25) is 0 Å². The lowest BCUT2D eigenvalue weighted by Crippen LogP contribution is -2.26. The molecule has 0 aromatic heterocycles. The third-order valence-corrected chi connectivity index (χ3v) is 3.98. The number of hydrogen-bond acceptors (Lipinski definition) is 4. The highest BCUT2D eigenvalue weighted by Crippen LogP contribution is 2.25. The van der Waals surface area contributed by atoms with Crippen LogP contribution in [0.25, 0.3) is 0 Å². The predicted molar refractivity (Wildman–Crippen MR) is 103 cm³/mol. The standard InChI is InChI=1S/C21H16ClNO4/c22-23(21(25)27-17-11-5-2-6-12-17)19-14-8-7-13-18(19)20(24)26-15-16-9-3-1-4-10-16/h1-14H,15H2. The maximum Gasteiger partial charge on any atom is 0.434 e. The number of carbonyl (C=O) groups is 2. The molecule has 0 aliphatic carbocycles. The van der Waals surface area contributed by atoms with Crippen molar-refractivity contribution in [3.05, 3.63) is 96.1 Å². The molecule has 0 aliphatic rings. The molecular formula is C21H16ClNO4. The Hall–Kier alpha value is -3.31. The molecule has 0 saturated heterocycles. The minimum Gasteiger partial charge on any atom is -0.457 e. The molecule has 0 unspecified atom stereocenters. The van der Waals surface area contributed by atoms with Crippen LogP contribution in [0.1, 0.15) is 15.9 Å². The average molecular weight is 382 g/mol. The van der Waals surface area contributed by atoms with Crippen molar-refractivity contribution < 1.29 is 19.1 Å². The Labute approximate surface area is 161 Å². The molecule has 0 saturated carbocycles. The van der Waals surface area contributed by atoms with E-state index in [0.717, 1.165) is 9.98 Å². The smallest absolute Gasteiger partial charge is 0.434 e. The molecule has 136 valence electrons. The molecule has 1 amide bonds. The van der Waals surface area contributed by atoms with Gasteiger partial charge in [0.15, 0.2) is 0 Å². The van der Waals surface area contributed by atoms with Crippen molar-refractivity contribution >= 4 is 29.5 Å². The van der Waals surface area contributed by atoms with Crippen molar-refractivity contribution in [1.82, 2.24) is 0 Å². The number of ether oxygens (including phenoxy) is 2. The van der Waals surface area contributed by atoms with Crippen molar-refractivity contribution in [2.24, 2.45) is 0 Å². The van der Waals surface area contributed by atoms with Crippen LogP contribution in [0.4, 0.5) is 10.5 Å². The van der Waals surface area contributed by atoms with Crippen LogP contribution in [0.15, 0.2) is 84.9 Å². The quantitative estimate of drug-likeness (QED) is 0.450. The van der Waals surface area contributed by atoms with Crippen LogP contribution in [0.5, 0.6) is 5.75 Å². The van der Waals surface area contributed by atoms with E-state index in [4.69, 9.17) is 21.3 Å². The number of benzene rings is 3. The molecule has 0 spiro atoms. The Balaban J connectivity index is 1.72. The highest BCUT2D eigenvalue weighted by atomic mass is 35.5. The predicted octanol–water partition coefficient (Wildman–Crippen LogP) is 5.20. The summed E-state index contributed by atoms with van der Waals surface area (Å²) in [6.45, 7) is 0.116. The van der Waals surface area contributed by atoms with E-state index in [-0.39, 0.29) is 17.9 Å². The second-order valence-electron chi connectivity index (χ2n) is 5.54. The van der Waals surface area contributed by atoms with E-state index in [9.17, 15) is 9.59 Å². The van der Waals surface area contributed by atoms with Crippen LogP contribution in [0.3, 0.4) is 0 Å². The molecular weight excluding hydrogens is 366 g/mol. The number of rotatable bonds is 5. The Kier molecular flexibility index (Phi) is 6.07. The van der Waals surface area contributed by atoms with Crippen molar-refractivity contribution in [1.29, 1.82) is 0 Å². The van der Waals surface area contributed by atoms with Crippen LogP contribution in [-0.4, -0.2) is 12.1 Å². The molecule has 3 aromatic carbocycles. The van der Waals surface area contributed by atoms with Crippen molar-refractivity contribution in [2.45, 2.75) is 6.61 Å². The summed E-state index contributed by atoms with van der Waals surface area (Å²) in [5, 5.41) is 0. The maximum atomic E-state index is 12.5. The number of para-hydroxylation sites is 2. The number of esters is 1. The van der Waals surface area contributed by atoms with Gasteiger partial charge in [0, 0.05) is 11.8 Å². The van der Waals surface area contributed by atoms with Gasteiger partial charge in [-0.05, 0) is 29.8 Å². The van der Waals surface area contributed by atoms with E-state index in [0.29, 0.717) is 5.75 Å². The first-order valence-electron chi connectivity index (χ1n) is 8.18. The Morgan fingerprint density at radius 3 is 2.11 bits per heavy atom. The van der Waals surface area contributed by atoms with E-state index >= 15 is 0 Å². The van der Waals surface area contributed by atoms with E-state index in [1.54, 1.807) is 48.5 Å². The maximum absolute atomic E-state index is 12.5. The van der Waals surface area contributed by atoms with Gasteiger partial charge >= 0.3 is 12.1 Å². The summed E-state index contributed by atoms with van der Waals surface area (Å²) >= 11 is 6.12. The van der Waals surface area contributed by atoms with E-state index in [1.165, 1.54) is 6.07 Å². The summed E-state index contributed by atoms with van der Waals surface area (Å²) in [5.41, 5.74) is 1.20. The van der Waals surface area contributed by atoms with Gasteiger partial charge in [-0.3, -0.25) is 0 Å².